The number of aromatic nitrogens is 2. The van der Waals surface area contributed by atoms with Gasteiger partial charge in [0.1, 0.15) is 5.69 Å². The highest BCUT2D eigenvalue weighted by atomic mass is 16.2. The molecule has 0 saturated heterocycles. The minimum Gasteiger partial charge on any atom is -0.350 e. The number of nitrogens with zero attached hydrogens (tertiary/aromatic N) is 3. The van der Waals surface area contributed by atoms with Crippen molar-refractivity contribution in [1.29, 1.82) is 0 Å². The van der Waals surface area contributed by atoms with Gasteiger partial charge >= 0.3 is 0 Å². The summed E-state index contributed by atoms with van der Waals surface area (Å²) in [4.78, 5) is 16.5. The monoisotopic (exact) mass is 244 g/mol. The molecule has 0 radical (unpaired) electrons. The molecule has 1 aliphatic carbocycles. The summed E-state index contributed by atoms with van der Waals surface area (Å²) in [7, 11) is 0. The fourth-order valence-electron chi connectivity index (χ4n) is 3.26. The van der Waals surface area contributed by atoms with Crippen molar-refractivity contribution in [2.45, 2.75) is 32.2 Å². The summed E-state index contributed by atoms with van der Waals surface area (Å²) < 4.78 is 1.93. The van der Waals surface area contributed by atoms with E-state index in [0.29, 0.717) is 0 Å². The van der Waals surface area contributed by atoms with Crippen molar-refractivity contribution in [1.82, 2.24) is 15.1 Å². The lowest BCUT2D eigenvalue weighted by atomic mass is 9.69. The summed E-state index contributed by atoms with van der Waals surface area (Å²) in [6.07, 6.45) is 6.34. The van der Waals surface area contributed by atoms with Crippen LogP contribution in [0.1, 0.15) is 41.0 Å². The van der Waals surface area contributed by atoms with E-state index >= 15 is 0 Å². The molecule has 1 amide bonds. The van der Waals surface area contributed by atoms with Crippen molar-refractivity contribution in [3.05, 3.63) is 17.0 Å². The molecule has 4 rings (SSSR count). The van der Waals surface area contributed by atoms with E-state index in [0.717, 1.165) is 43.0 Å². The number of aliphatic imine (C=N–C) groups is 1. The van der Waals surface area contributed by atoms with Gasteiger partial charge in [-0.1, -0.05) is 6.42 Å². The zero-order chi connectivity index (χ0) is 12.2. The quantitative estimate of drug-likeness (QED) is 0.733. The Morgan fingerprint density at radius 2 is 2.28 bits per heavy atom. The Morgan fingerprint density at radius 1 is 1.39 bits per heavy atom. The Morgan fingerprint density at radius 3 is 3.06 bits per heavy atom. The molecule has 1 fully saturated rings. The normalized spacial score (nSPS) is 23.9. The SMILES string of the molecule is O=C1NCC2(CCC2)Cn2nc3c(c21)C=NCC3. The molecule has 2 aliphatic heterocycles. The van der Waals surface area contributed by atoms with Crippen molar-refractivity contribution in [3.63, 3.8) is 0 Å². The van der Waals surface area contributed by atoms with E-state index in [-0.39, 0.29) is 11.3 Å². The highest BCUT2D eigenvalue weighted by Gasteiger charge is 2.41. The molecule has 1 aromatic heterocycles. The van der Waals surface area contributed by atoms with Gasteiger partial charge in [-0.3, -0.25) is 14.5 Å². The first-order chi connectivity index (χ1) is 8.77. The van der Waals surface area contributed by atoms with Gasteiger partial charge in [-0.15, -0.1) is 0 Å². The fourth-order valence-corrected chi connectivity index (χ4v) is 3.26. The van der Waals surface area contributed by atoms with Crippen molar-refractivity contribution >= 4 is 12.1 Å². The molecule has 0 unspecified atom stereocenters. The van der Waals surface area contributed by atoms with Crippen LogP contribution in [-0.4, -0.2) is 35.0 Å². The second-order valence-electron chi connectivity index (χ2n) is 5.69. The van der Waals surface area contributed by atoms with Crippen molar-refractivity contribution in [2.75, 3.05) is 13.1 Å². The zero-order valence-electron chi connectivity index (χ0n) is 10.3. The molecule has 5 nitrogen and oxygen atoms in total. The van der Waals surface area contributed by atoms with Gasteiger partial charge < -0.3 is 5.32 Å². The molecule has 3 aliphatic rings. The molecule has 18 heavy (non-hydrogen) atoms. The first-order valence-corrected chi connectivity index (χ1v) is 6.65. The summed E-state index contributed by atoms with van der Waals surface area (Å²) in [5.41, 5.74) is 2.95. The first kappa shape index (κ1) is 10.3. The fraction of sp³-hybridized carbons (Fsp3) is 0.615. The predicted molar refractivity (Wildman–Crippen MR) is 67.0 cm³/mol. The molecular weight excluding hydrogens is 228 g/mol. The maximum absolute atomic E-state index is 12.2. The minimum absolute atomic E-state index is 0.0147. The highest BCUT2D eigenvalue weighted by Crippen LogP contribution is 2.43. The summed E-state index contributed by atoms with van der Waals surface area (Å²) in [6, 6.07) is 0. The van der Waals surface area contributed by atoms with Gasteiger partial charge in [0.05, 0.1) is 5.69 Å². The average Bonchev–Trinajstić information content (AvgIpc) is 2.62. The van der Waals surface area contributed by atoms with Crippen molar-refractivity contribution in [2.24, 2.45) is 10.4 Å². The van der Waals surface area contributed by atoms with Crippen LogP contribution in [0.2, 0.25) is 0 Å². The lowest BCUT2D eigenvalue weighted by Crippen LogP contribution is -2.42. The maximum Gasteiger partial charge on any atom is 0.270 e. The van der Waals surface area contributed by atoms with E-state index in [1.165, 1.54) is 19.3 Å². The summed E-state index contributed by atoms with van der Waals surface area (Å²) in [5.74, 6) is 0.0147. The van der Waals surface area contributed by atoms with Crippen LogP contribution in [0.4, 0.5) is 0 Å². The molecule has 0 bridgehead atoms. The number of nitrogens with one attached hydrogen (secondary N) is 1. The van der Waals surface area contributed by atoms with Gasteiger partial charge in [0.2, 0.25) is 0 Å². The van der Waals surface area contributed by atoms with Gasteiger partial charge in [-0.2, -0.15) is 5.10 Å². The van der Waals surface area contributed by atoms with Gasteiger partial charge in [0, 0.05) is 43.2 Å². The largest absolute Gasteiger partial charge is 0.350 e. The molecule has 94 valence electrons. The Hall–Kier alpha value is -1.65. The summed E-state index contributed by atoms with van der Waals surface area (Å²) in [5, 5.41) is 7.71. The van der Waals surface area contributed by atoms with E-state index in [9.17, 15) is 4.79 Å². The molecule has 5 heteroatoms. The second-order valence-corrected chi connectivity index (χ2v) is 5.69. The lowest BCUT2D eigenvalue weighted by Gasteiger charge is -2.40. The molecule has 0 aromatic carbocycles. The molecule has 0 atom stereocenters. The van der Waals surface area contributed by atoms with Gasteiger partial charge in [0.15, 0.2) is 0 Å². The van der Waals surface area contributed by atoms with Gasteiger partial charge in [-0.05, 0) is 12.8 Å². The Kier molecular flexibility index (Phi) is 1.96. The van der Waals surface area contributed by atoms with E-state index < -0.39 is 0 Å². The van der Waals surface area contributed by atoms with E-state index in [1.807, 2.05) is 10.9 Å². The maximum atomic E-state index is 12.2. The van der Waals surface area contributed by atoms with Crippen LogP contribution >= 0.6 is 0 Å². The number of hydrogen-bond acceptors (Lipinski definition) is 3. The van der Waals surface area contributed by atoms with Crippen LogP contribution < -0.4 is 5.32 Å². The van der Waals surface area contributed by atoms with E-state index in [4.69, 9.17) is 0 Å². The number of carbonyl (C=O) groups excluding carboxylic acids is 1. The average molecular weight is 244 g/mol. The molecule has 1 aromatic rings. The zero-order valence-corrected chi connectivity index (χ0v) is 10.3. The third-order valence-corrected chi connectivity index (χ3v) is 4.50. The third kappa shape index (κ3) is 1.30. The van der Waals surface area contributed by atoms with Crippen LogP contribution in [0.15, 0.2) is 4.99 Å². The van der Waals surface area contributed by atoms with Gasteiger partial charge in [-0.25, -0.2) is 0 Å². The standard InChI is InChI=1S/C13H16N4O/c18-12-11-9-6-14-5-2-10(9)16-17(11)8-13(7-15-12)3-1-4-13/h6H,1-5,7-8H2,(H,15,18). The van der Waals surface area contributed by atoms with Crippen LogP contribution in [0.3, 0.4) is 0 Å². The smallest absolute Gasteiger partial charge is 0.270 e. The number of fused-ring (bicyclic) bond motifs is 3. The Bertz CT molecular complexity index is 554. The first-order valence-electron chi connectivity index (χ1n) is 6.65. The van der Waals surface area contributed by atoms with Crippen LogP contribution in [0.25, 0.3) is 0 Å². The Balaban J connectivity index is 1.83. The molecule has 1 spiro atoms. The number of amides is 1. The topological polar surface area (TPSA) is 59.3 Å². The molecular formula is C13H16N4O. The number of hydrogen-bond donors (Lipinski definition) is 1. The number of carbonyl (C=O) groups is 1. The van der Waals surface area contributed by atoms with Gasteiger partial charge in [0.25, 0.3) is 5.91 Å². The number of rotatable bonds is 0. The van der Waals surface area contributed by atoms with E-state index in [1.54, 1.807) is 0 Å². The lowest BCUT2D eigenvalue weighted by molar-refractivity contribution is 0.0869. The van der Waals surface area contributed by atoms with Crippen LogP contribution in [0, 0.1) is 5.41 Å². The predicted octanol–water partition coefficient (Wildman–Crippen LogP) is 0.772. The minimum atomic E-state index is 0.0147. The molecule has 1 saturated carbocycles. The van der Waals surface area contributed by atoms with Crippen molar-refractivity contribution in [3.8, 4) is 0 Å². The third-order valence-electron chi connectivity index (χ3n) is 4.50. The summed E-state index contributed by atoms with van der Waals surface area (Å²) >= 11 is 0. The second kappa shape index (κ2) is 3.43. The molecule has 1 N–H and O–H groups in total. The van der Waals surface area contributed by atoms with Crippen LogP contribution in [0.5, 0.6) is 0 Å². The van der Waals surface area contributed by atoms with Crippen LogP contribution in [-0.2, 0) is 13.0 Å². The Labute approximate surface area is 105 Å². The highest BCUT2D eigenvalue weighted by molar-refractivity contribution is 6.02. The van der Waals surface area contributed by atoms with E-state index in [2.05, 4.69) is 15.4 Å². The molecule has 3 heterocycles. The summed E-state index contributed by atoms with van der Waals surface area (Å²) in [6.45, 7) is 2.46. The van der Waals surface area contributed by atoms with Crippen molar-refractivity contribution < 1.29 is 4.79 Å².